The SMILES string of the molecule is COC(=O)c1c(C(F)F)nc(C(F)(F)F)c(C(=O)O)c1SC(C)C. The molecule has 0 aromatic carbocycles. The van der Waals surface area contributed by atoms with E-state index in [4.69, 9.17) is 5.11 Å². The lowest BCUT2D eigenvalue weighted by Gasteiger charge is -2.19. The van der Waals surface area contributed by atoms with Crippen LogP contribution in [0.4, 0.5) is 22.0 Å². The van der Waals surface area contributed by atoms with Gasteiger partial charge in [-0.3, -0.25) is 0 Å². The zero-order valence-corrected chi connectivity index (χ0v) is 13.4. The largest absolute Gasteiger partial charge is 0.478 e. The molecule has 0 amide bonds. The molecule has 0 saturated heterocycles. The number of aromatic carboxylic acids is 1. The molecule has 1 heterocycles. The average Bonchev–Trinajstić information content (AvgIpc) is 2.43. The molecule has 0 bridgehead atoms. The van der Waals surface area contributed by atoms with Crippen molar-refractivity contribution in [3.8, 4) is 0 Å². The number of rotatable bonds is 5. The van der Waals surface area contributed by atoms with Crippen LogP contribution in [-0.4, -0.2) is 34.4 Å². The zero-order valence-electron chi connectivity index (χ0n) is 12.6. The fourth-order valence-electron chi connectivity index (χ4n) is 1.80. The van der Waals surface area contributed by atoms with Crippen molar-refractivity contribution in [2.75, 3.05) is 7.11 Å². The Hall–Kier alpha value is -1.91. The smallest absolute Gasteiger partial charge is 0.434 e. The summed E-state index contributed by atoms with van der Waals surface area (Å²) in [5.74, 6) is -3.43. The molecule has 0 atom stereocenters. The average molecular weight is 373 g/mol. The predicted molar refractivity (Wildman–Crippen MR) is 73.5 cm³/mol. The number of alkyl halides is 5. The molecule has 0 aliphatic rings. The normalized spacial score (nSPS) is 11.9. The third-order valence-electron chi connectivity index (χ3n) is 2.61. The lowest BCUT2D eigenvalue weighted by Crippen LogP contribution is -2.22. The van der Waals surface area contributed by atoms with Crippen molar-refractivity contribution < 1.29 is 41.4 Å². The van der Waals surface area contributed by atoms with Gasteiger partial charge in [-0.2, -0.15) is 13.2 Å². The summed E-state index contributed by atoms with van der Waals surface area (Å²) in [5.41, 5.74) is -5.79. The van der Waals surface area contributed by atoms with Gasteiger partial charge in [-0.25, -0.2) is 23.4 Å². The molecule has 0 unspecified atom stereocenters. The predicted octanol–water partition coefficient (Wildman–Crippen LogP) is 4.02. The summed E-state index contributed by atoms with van der Waals surface area (Å²) in [6.45, 7) is 2.99. The topological polar surface area (TPSA) is 76.5 Å². The fraction of sp³-hybridized carbons (Fsp3) is 0.462. The van der Waals surface area contributed by atoms with Gasteiger partial charge in [0.2, 0.25) is 0 Å². The number of methoxy groups -OCH3 is 1. The Kier molecular flexibility index (Phi) is 6.15. The first-order valence-electron chi connectivity index (χ1n) is 6.33. The number of thioether (sulfide) groups is 1. The van der Waals surface area contributed by atoms with Crippen LogP contribution in [0.15, 0.2) is 4.90 Å². The number of carbonyl (C=O) groups excluding carboxylic acids is 1. The maximum absolute atomic E-state index is 13.1. The highest BCUT2D eigenvalue weighted by atomic mass is 32.2. The van der Waals surface area contributed by atoms with Crippen molar-refractivity contribution in [3.05, 3.63) is 22.5 Å². The summed E-state index contributed by atoms with van der Waals surface area (Å²) in [6.07, 6.45) is -8.83. The summed E-state index contributed by atoms with van der Waals surface area (Å²) in [5, 5.41) is 8.64. The van der Waals surface area contributed by atoms with Crippen LogP contribution in [0.2, 0.25) is 0 Å². The fourth-order valence-corrected chi connectivity index (χ4v) is 2.87. The third kappa shape index (κ3) is 4.13. The second kappa shape index (κ2) is 7.32. The first-order valence-corrected chi connectivity index (χ1v) is 7.21. The molecule has 0 fully saturated rings. The quantitative estimate of drug-likeness (QED) is 0.477. The number of pyridine rings is 1. The van der Waals surface area contributed by atoms with Gasteiger partial charge in [-0.1, -0.05) is 13.8 Å². The first-order chi connectivity index (χ1) is 10.9. The van der Waals surface area contributed by atoms with Crippen molar-refractivity contribution in [2.24, 2.45) is 0 Å². The second-order valence-electron chi connectivity index (χ2n) is 4.69. The molecule has 11 heteroatoms. The molecule has 0 radical (unpaired) electrons. The summed E-state index contributed by atoms with van der Waals surface area (Å²) >= 11 is 0.531. The van der Waals surface area contributed by atoms with Gasteiger partial charge < -0.3 is 9.84 Å². The van der Waals surface area contributed by atoms with Gasteiger partial charge in [0.05, 0.1) is 7.11 Å². The Morgan fingerprint density at radius 3 is 2.08 bits per heavy atom. The van der Waals surface area contributed by atoms with Crippen LogP contribution in [0.1, 0.15) is 52.4 Å². The van der Waals surface area contributed by atoms with Crippen molar-refractivity contribution in [2.45, 2.75) is 36.6 Å². The number of nitrogens with zero attached hydrogens (tertiary/aromatic N) is 1. The van der Waals surface area contributed by atoms with E-state index in [-0.39, 0.29) is 0 Å². The minimum atomic E-state index is -5.29. The summed E-state index contributed by atoms with van der Waals surface area (Å²) in [4.78, 5) is 25.1. The Morgan fingerprint density at radius 2 is 1.75 bits per heavy atom. The van der Waals surface area contributed by atoms with Gasteiger partial charge in [0.25, 0.3) is 6.43 Å². The van der Waals surface area contributed by atoms with E-state index in [2.05, 4.69) is 9.72 Å². The van der Waals surface area contributed by atoms with Crippen LogP contribution in [0, 0.1) is 0 Å². The lowest BCUT2D eigenvalue weighted by atomic mass is 10.1. The van der Waals surface area contributed by atoms with E-state index in [1.165, 1.54) is 13.8 Å². The lowest BCUT2D eigenvalue weighted by molar-refractivity contribution is -0.142. The Morgan fingerprint density at radius 1 is 1.21 bits per heavy atom. The highest BCUT2D eigenvalue weighted by Crippen LogP contribution is 2.41. The minimum absolute atomic E-state index is 0.500. The van der Waals surface area contributed by atoms with Crippen LogP contribution in [0.25, 0.3) is 0 Å². The molecule has 0 aliphatic carbocycles. The second-order valence-corrected chi connectivity index (χ2v) is 6.27. The number of ether oxygens (including phenoxy) is 1. The van der Waals surface area contributed by atoms with Crippen LogP contribution in [0.5, 0.6) is 0 Å². The highest BCUT2D eigenvalue weighted by Gasteiger charge is 2.43. The number of halogens is 5. The standard InChI is InChI=1S/C13H12F5NO4S/c1-4(2)24-8-5(12(22)23-3)7(10(14)15)19-9(13(16,17)18)6(8)11(20)21/h4,10H,1-3H3,(H,20,21). The summed E-state index contributed by atoms with van der Waals surface area (Å²) < 4.78 is 69.9. The van der Waals surface area contributed by atoms with Gasteiger partial charge in [-0.15, -0.1) is 11.8 Å². The van der Waals surface area contributed by atoms with Crippen molar-refractivity contribution in [1.82, 2.24) is 4.98 Å². The molecule has 134 valence electrons. The minimum Gasteiger partial charge on any atom is -0.478 e. The molecule has 0 aliphatic heterocycles. The van der Waals surface area contributed by atoms with Crippen molar-refractivity contribution in [3.63, 3.8) is 0 Å². The number of carbonyl (C=O) groups is 2. The van der Waals surface area contributed by atoms with Crippen LogP contribution in [-0.2, 0) is 10.9 Å². The Bertz CT molecular complexity index is 661. The monoisotopic (exact) mass is 373 g/mol. The number of carboxylic acid groups (broad SMARTS) is 1. The van der Waals surface area contributed by atoms with Gasteiger partial charge in [0.15, 0.2) is 5.69 Å². The number of aromatic nitrogens is 1. The molecule has 1 rings (SSSR count). The molecule has 0 spiro atoms. The molecule has 1 aromatic rings. The number of carboxylic acids is 1. The molecular formula is C13H12F5NO4S. The molecule has 1 aromatic heterocycles. The van der Waals surface area contributed by atoms with E-state index in [0.29, 0.717) is 11.8 Å². The highest BCUT2D eigenvalue weighted by molar-refractivity contribution is 8.00. The van der Waals surface area contributed by atoms with E-state index in [9.17, 15) is 31.5 Å². The summed E-state index contributed by atoms with van der Waals surface area (Å²) in [6, 6.07) is 0. The third-order valence-corrected chi connectivity index (χ3v) is 3.73. The maximum Gasteiger partial charge on any atom is 0.434 e. The van der Waals surface area contributed by atoms with Crippen LogP contribution < -0.4 is 0 Å². The molecule has 5 nitrogen and oxygen atoms in total. The maximum atomic E-state index is 13.1. The van der Waals surface area contributed by atoms with Crippen molar-refractivity contribution >= 4 is 23.7 Å². The Balaban J connectivity index is 4.02. The molecular weight excluding hydrogens is 361 g/mol. The van der Waals surface area contributed by atoms with Crippen molar-refractivity contribution in [1.29, 1.82) is 0 Å². The number of esters is 1. The first kappa shape index (κ1) is 20.1. The van der Waals surface area contributed by atoms with Crippen LogP contribution in [0.3, 0.4) is 0 Å². The molecule has 0 saturated carbocycles. The van der Waals surface area contributed by atoms with E-state index < -0.39 is 57.2 Å². The zero-order chi connectivity index (χ0) is 18.8. The van der Waals surface area contributed by atoms with E-state index >= 15 is 0 Å². The number of hydrogen-bond donors (Lipinski definition) is 1. The van der Waals surface area contributed by atoms with E-state index in [1.807, 2.05) is 0 Å². The molecule has 1 N–H and O–H groups in total. The number of hydrogen-bond acceptors (Lipinski definition) is 5. The van der Waals surface area contributed by atoms with Gasteiger partial charge in [0.1, 0.15) is 16.8 Å². The van der Waals surface area contributed by atoms with E-state index in [1.54, 1.807) is 0 Å². The summed E-state index contributed by atoms with van der Waals surface area (Å²) in [7, 11) is 0.833. The van der Waals surface area contributed by atoms with Crippen LogP contribution >= 0.6 is 11.8 Å². The van der Waals surface area contributed by atoms with E-state index in [0.717, 1.165) is 7.11 Å². The Labute approximate surface area is 137 Å². The van der Waals surface area contributed by atoms with Gasteiger partial charge in [-0.05, 0) is 0 Å². The molecule has 24 heavy (non-hydrogen) atoms. The van der Waals surface area contributed by atoms with Gasteiger partial charge in [0, 0.05) is 10.1 Å². The van der Waals surface area contributed by atoms with Gasteiger partial charge >= 0.3 is 18.1 Å².